The van der Waals surface area contributed by atoms with Gasteiger partial charge in [0.2, 0.25) is 0 Å². The summed E-state index contributed by atoms with van der Waals surface area (Å²) in [5, 5.41) is 3.50. The van der Waals surface area contributed by atoms with E-state index in [0.29, 0.717) is 33.2 Å². The highest BCUT2D eigenvalue weighted by Crippen LogP contribution is 2.32. The van der Waals surface area contributed by atoms with E-state index in [4.69, 9.17) is 16.3 Å². The summed E-state index contributed by atoms with van der Waals surface area (Å²) in [5.41, 5.74) is 3.57. The number of nitrogens with zero attached hydrogens (tertiary/aromatic N) is 1. The molecule has 7 heteroatoms. The minimum absolute atomic E-state index is 0.284. The Bertz CT molecular complexity index is 870. The second-order valence-electron chi connectivity index (χ2n) is 6.66. The highest BCUT2D eigenvalue weighted by Gasteiger charge is 2.24. The van der Waals surface area contributed by atoms with Gasteiger partial charge < -0.3 is 19.9 Å². The molecule has 1 saturated heterocycles. The molecule has 27 heavy (non-hydrogen) atoms. The summed E-state index contributed by atoms with van der Waals surface area (Å²) in [6.07, 6.45) is 2.27. The number of aromatic nitrogens is 1. The zero-order valence-electron chi connectivity index (χ0n) is 15.8. The van der Waals surface area contributed by atoms with E-state index in [1.54, 1.807) is 26.8 Å². The normalized spacial score (nSPS) is 13.7. The maximum atomic E-state index is 12.9. The highest BCUT2D eigenvalue weighted by atomic mass is 35.5. The third-order valence-electron chi connectivity index (χ3n) is 4.80. The number of hydrogen-bond acceptors (Lipinski definition) is 4. The van der Waals surface area contributed by atoms with Gasteiger partial charge >= 0.3 is 5.97 Å². The van der Waals surface area contributed by atoms with E-state index in [1.807, 2.05) is 12.1 Å². The minimum Gasteiger partial charge on any atom is -0.462 e. The Hall–Kier alpha value is -2.47. The van der Waals surface area contributed by atoms with Gasteiger partial charge in [0.1, 0.15) is 5.69 Å². The lowest BCUT2D eigenvalue weighted by Gasteiger charge is -2.21. The molecular formula is C20H24ClN3O3. The lowest BCUT2D eigenvalue weighted by atomic mass is 10.1. The molecule has 0 radical (unpaired) electrons. The van der Waals surface area contributed by atoms with Crippen molar-refractivity contribution < 1.29 is 14.3 Å². The van der Waals surface area contributed by atoms with Crippen LogP contribution in [0, 0.1) is 13.8 Å². The SMILES string of the molecule is CCOC(=O)c1c(C)[nH]c(C(=O)Nc2cc(Cl)ccc2N2CCCC2)c1C. The quantitative estimate of drug-likeness (QED) is 0.747. The largest absolute Gasteiger partial charge is 0.462 e. The number of aryl methyl sites for hydroxylation is 1. The van der Waals surface area contributed by atoms with Crippen molar-refractivity contribution in [2.24, 2.45) is 0 Å². The number of carbonyl (C=O) groups is 2. The topological polar surface area (TPSA) is 74.4 Å². The molecule has 1 aliphatic rings. The smallest absolute Gasteiger partial charge is 0.340 e. The maximum Gasteiger partial charge on any atom is 0.340 e. The van der Waals surface area contributed by atoms with Gasteiger partial charge in [-0.3, -0.25) is 4.79 Å². The molecule has 144 valence electrons. The van der Waals surface area contributed by atoms with Gasteiger partial charge in [-0.2, -0.15) is 0 Å². The fourth-order valence-corrected chi connectivity index (χ4v) is 3.69. The Morgan fingerprint density at radius 1 is 1.26 bits per heavy atom. The van der Waals surface area contributed by atoms with Crippen molar-refractivity contribution in [3.8, 4) is 0 Å². The molecule has 1 aromatic carbocycles. The van der Waals surface area contributed by atoms with Crippen LogP contribution in [0.2, 0.25) is 5.02 Å². The Morgan fingerprint density at radius 3 is 2.63 bits per heavy atom. The molecule has 3 rings (SSSR count). The molecule has 0 saturated carbocycles. The zero-order chi connectivity index (χ0) is 19.6. The first kappa shape index (κ1) is 19.3. The van der Waals surface area contributed by atoms with Gasteiger partial charge in [0, 0.05) is 23.8 Å². The molecule has 0 unspecified atom stereocenters. The lowest BCUT2D eigenvalue weighted by Crippen LogP contribution is -2.21. The van der Waals surface area contributed by atoms with Gasteiger partial charge in [-0.05, 0) is 57.4 Å². The molecule has 1 aliphatic heterocycles. The lowest BCUT2D eigenvalue weighted by molar-refractivity contribution is 0.0525. The number of benzene rings is 1. The first-order chi connectivity index (χ1) is 12.9. The van der Waals surface area contributed by atoms with E-state index in [2.05, 4.69) is 15.2 Å². The molecule has 6 nitrogen and oxygen atoms in total. The van der Waals surface area contributed by atoms with Crippen LogP contribution in [0.4, 0.5) is 11.4 Å². The van der Waals surface area contributed by atoms with Gasteiger partial charge in [-0.25, -0.2) is 4.79 Å². The van der Waals surface area contributed by atoms with E-state index in [1.165, 1.54) is 0 Å². The predicted molar refractivity (Wildman–Crippen MR) is 107 cm³/mol. The second kappa shape index (κ2) is 8.05. The van der Waals surface area contributed by atoms with Gasteiger partial charge in [0.15, 0.2) is 0 Å². The first-order valence-electron chi connectivity index (χ1n) is 9.14. The summed E-state index contributed by atoms with van der Waals surface area (Å²) in [6, 6.07) is 5.51. The second-order valence-corrected chi connectivity index (χ2v) is 7.09. The van der Waals surface area contributed by atoms with Crippen LogP contribution < -0.4 is 10.2 Å². The number of halogens is 1. The molecule has 0 spiro atoms. The molecule has 0 bridgehead atoms. The number of nitrogens with one attached hydrogen (secondary N) is 2. The Labute approximate surface area is 163 Å². The van der Waals surface area contributed by atoms with Crippen LogP contribution in [0.5, 0.6) is 0 Å². The van der Waals surface area contributed by atoms with Crippen LogP contribution in [-0.4, -0.2) is 36.6 Å². The third-order valence-corrected chi connectivity index (χ3v) is 5.03. The van der Waals surface area contributed by atoms with Crippen LogP contribution >= 0.6 is 11.6 Å². The van der Waals surface area contributed by atoms with Gasteiger partial charge in [0.05, 0.1) is 23.5 Å². The number of carbonyl (C=O) groups excluding carboxylic acids is 2. The molecule has 1 fully saturated rings. The van der Waals surface area contributed by atoms with Crippen LogP contribution in [-0.2, 0) is 4.74 Å². The van der Waals surface area contributed by atoms with Crippen molar-refractivity contribution in [3.05, 3.63) is 45.7 Å². The maximum absolute atomic E-state index is 12.9. The molecule has 2 aromatic rings. The molecule has 1 amide bonds. The molecule has 1 aromatic heterocycles. The Kier molecular flexibility index (Phi) is 5.75. The molecule has 2 N–H and O–H groups in total. The van der Waals surface area contributed by atoms with Gasteiger partial charge in [0.25, 0.3) is 5.91 Å². The predicted octanol–water partition coefficient (Wildman–Crippen LogP) is 4.31. The Balaban J connectivity index is 1.89. The van der Waals surface area contributed by atoms with E-state index < -0.39 is 5.97 Å². The van der Waals surface area contributed by atoms with Crippen molar-refractivity contribution in [3.63, 3.8) is 0 Å². The average molecular weight is 390 g/mol. The van der Waals surface area contributed by atoms with Crippen molar-refractivity contribution in [1.29, 1.82) is 0 Å². The van der Waals surface area contributed by atoms with Crippen LogP contribution in [0.25, 0.3) is 0 Å². The number of amides is 1. The minimum atomic E-state index is -0.427. The summed E-state index contributed by atoms with van der Waals surface area (Å²) in [7, 11) is 0. The summed E-state index contributed by atoms with van der Waals surface area (Å²) in [6.45, 7) is 7.44. The van der Waals surface area contributed by atoms with Crippen LogP contribution in [0.1, 0.15) is 51.9 Å². The monoisotopic (exact) mass is 389 g/mol. The van der Waals surface area contributed by atoms with E-state index in [9.17, 15) is 9.59 Å². The fourth-order valence-electron chi connectivity index (χ4n) is 3.51. The number of esters is 1. The van der Waals surface area contributed by atoms with E-state index >= 15 is 0 Å². The third kappa shape index (κ3) is 3.95. The van der Waals surface area contributed by atoms with E-state index in [0.717, 1.165) is 31.6 Å². The van der Waals surface area contributed by atoms with E-state index in [-0.39, 0.29) is 12.5 Å². The summed E-state index contributed by atoms with van der Waals surface area (Å²) >= 11 is 6.15. The molecule has 0 atom stereocenters. The number of rotatable bonds is 5. The van der Waals surface area contributed by atoms with Crippen molar-refractivity contribution in [2.75, 3.05) is 29.9 Å². The number of H-pyrrole nitrogens is 1. The first-order valence-corrected chi connectivity index (χ1v) is 9.52. The Morgan fingerprint density at radius 2 is 1.96 bits per heavy atom. The van der Waals surface area contributed by atoms with Crippen molar-refractivity contribution >= 4 is 34.9 Å². The highest BCUT2D eigenvalue weighted by molar-refractivity contribution is 6.31. The summed E-state index contributed by atoms with van der Waals surface area (Å²) in [5.74, 6) is -0.739. The zero-order valence-corrected chi connectivity index (χ0v) is 16.6. The van der Waals surface area contributed by atoms with Crippen molar-refractivity contribution in [2.45, 2.75) is 33.6 Å². The standard InChI is InChI=1S/C20H24ClN3O3/c1-4-27-20(26)17-12(2)18(22-13(17)3)19(25)23-15-11-14(21)7-8-16(15)24-9-5-6-10-24/h7-8,11,22H,4-6,9-10H2,1-3H3,(H,23,25). The number of hydrogen-bond donors (Lipinski definition) is 2. The molecule has 2 heterocycles. The van der Waals surface area contributed by atoms with Crippen molar-refractivity contribution in [1.82, 2.24) is 4.98 Å². The molecular weight excluding hydrogens is 366 g/mol. The average Bonchev–Trinajstić information content (AvgIpc) is 3.23. The van der Waals surface area contributed by atoms with Crippen LogP contribution in [0.15, 0.2) is 18.2 Å². The summed E-state index contributed by atoms with van der Waals surface area (Å²) < 4.78 is 5.09. The fraction of sp³-hybridized carbons (Fsp3) is 0.400. The molecule has 0 aliphatic carbocycles. The summed E-state index contributed by atoms with van der Waals surface area (Å²) in [4.78, 5) is 30.3. The van der Waals surface area contributed by atoms with Gasteiger partial charge in [-0.15, -0.1) is 0 Å². The number of ether oxygens (including phenoxy) is 1. The van der Waals surface area contributed by atoms with Crippen LogP contribution in [0.3, 0.4) is 0 Å². The number of anilines is 2. The van der Waals surface area contributed by atoms with Gasteiger partial charge in [-0.1, -0.05) is 11.6 Å². The number of aromatic amines is 1.